The molecule has 1 nitrogen and oxygen atoms in total. The second-order valence-corrected chi connectivity index (χ2v) is 5.55. The van der Waals surface area contributed by atoms with Crippen LogP contribution in [0.2, 0.25) is 0 Å². The fourth-order valence-electron chi connectivity index (χ4n) is 2.81. The summed E-state index contributed by atoms with van der Waals surface area (Å²) in [5.74, 6) is 0. The molecule has 0 unspecified atom stereocenters. The first-order chi connectivity index (χ1) is 7.92. The van der Waals surface area contributed by atoms with Crippen LogP contribution in [0, 0.1) is 20.8 Å². The van der Waals surface area contributed by atoms with Crippen LogP contribution in [0.4, 0.5) is 4.39 Å². The lowest BCUT2D eigenvalue weighted by atomic mass is 9.77. The van der Waals surface area contributed by atoms with E-state index >= 15 is 0 Å². The molecule has 1 aliphatic rings. The zero-order valence-electron chi connectivity index (χ0n) is 11.0. The summed E-state index contributed by atoms with van der Waals surface area (Å²) in [7, 11) is 0. The number of benzene rings is 1. The molecular formula is C15H22FN. The van der Waals surface area contributed by atoms with Crippen molar-refractivity contribution in [3.05, 3.63) is 34.4 Å². The van der Waals surface area contributed by atoms with E-state index in [1.807, 2.05) is 13.0 Å². The number of rotatable bonds is 1. The van der Waals surface area contributed by atoms with Gasteiger partial charge in [0.05, 0.1) is 0 Å². The third-order valence-electron chi connectivity index (χ3n) is 4.15. The van der Waals surface area contributed by atoms with E-state index in [2.05, 4.69) is 19.9 Å². The van der Waals surface area contributed by atoms with E-state index in [0.717, 1.165) is 24.0 Å². The van der Waals surface area contributed by atoms with Crippen molar-refractivity contribution in [1.82, 2.24) is 0 Å². The monoisotopic (exact) mass is 235 g/mol. The third kappa shape index (κ3) is 2.37. The first-order valence-electron chi connectivity index (χ1n) is 6.45. The van der Waals surface area contributed by atoms with E-state index in [-0.39, 0.29) is 6.04 Å². The molecule has 2 N–H and O–H groups in total. The highest BCUT2D eigenvalue weighted by Gasteiger charge is 2.37. The first kappa shape index (κ1) is 12.6. The van der Waals surface area contributed by atoms with Crippen LogP contribution in [-0.4, -0.2) is 6.04 Å². The van der Waals surface area contributed by atoms with Gasteiger partial charge in [0, 0.05) is 6.04 Å². The highest BCUT2D eigenvalue weighted by Crippen LogP contribution is 2.42. The Kier molecular flexibility index (Phi) is 3.26. The van der Waals surface area contributed by atoms with E-state index in [9.17, 15) is 4.39 Å². The Morgan fingerprint density at radius 1 is 1.06 bits per heavy atom. The third-order valence-corrected chi connectivity index (χ3v) is 4.15. The number of alkyl halides is 1. The Labute approximate surface area is 103 Å². The average Bonchev–Trinajstić information content (AvgIpc) is 2.28. The van der Waals surface area contributed by atoms with Gasteiger partial charge in [-0.3, -0.25) is 0 Å². The standard InChI is InChI=1S/C15H22FN/c1-10-8-12(3)14(9-11(10)2)15(16)6-4-13(17)5-7-15/h8-9,13H,4-7,17H2,1-3H3. The summed E-state index contributed by atoms with van der Waals surface area (Å²) in [6.07, 6.45) is 2.72. The molecule has 1 saturated carbocycles. The van der Waals surface area contributed by atoms with E-state index in [1.165, 1.54) is 11.1 Å². The predicted molar refractivity (Wildman–Crippen MR) is 69.9 cm³/mol. The molecule has 17 heavy (non-hydrogen) atoms. The fraction of sp³-hybridized carbons (Fsp3) is 0.600. The number of halogens is 1. The smallest absolute Gasteiger partial charge is 0.136 e. The molecule has 0 saturated heterocycles. The molecule has 0 atom stereocenters. The maximum Gasteiger partial charge on any atom is 0.136 e. The van der Waals surface area contributed by atoms with Crippen LogP contribution in [0.25, 0.3) is 0 Å². The van der Waals surface area contributed by atoms with E-state index in [0.29, 0.717) is 12.8 Å². The molecular weight excluding hydrogens is 213 g/mol. The van der Waals surface area contributed by atoms with Gasteiger partial charge in [-0.2, -0.15) is 0 Å². The number of hydrogen-bond acceptors (Lipinski definition) is 1. The first-order valence-corrected chi connectivity index (χ1v) is 6.45. The van der Waals surface area contributed by atoms with E-state index in [1.54, 1.807) is 0 Å². The highest BCUT2D eigenvalue weighted by atomic mass is 19.1. The Morgan fingerprint density at radius 2 is 1.59 bits per heavy atom. The van der Waals surface area contributed by atoms with Gasteiger partial charge >= 0.3 is 0 Å². The van der Waals surface area contributed by atoms with Crippen molar-refractivity contribution in [2.75, 3.05) is 0 Å². The van der Waals surface area contributed by atoms with Gasteiger partial charge in [0.15, 0.2) is 0 Å². The molecule has 94 valence electrons. The van der Waals surface area contributed by atoms with Crippen molar-refractivity contribution in [1.29, 1.82) is 0 Å². The summed E-state index contributed by atoms with van der Waals surface area (Å²) >= 11 is 0. The molecule has 0 bridgehead atoms. The Balaban J connectivity index is 2.36. The van der Waals surface area contributed by atoms with Crippen LogP contribution in [0.3, 0.4) is 0 Å². The van der Waals surface area contributed by atoms with Crippen LogP contribution in [0.1, 0.15) is 47.9 Å². The van der Waals surface area contributed by atoms with Crippen LogP contribution in [0.15, 0.2) is 12.1 Å². The molecule has 1 aliphatic carbocycles. The van der Waals surface area contributed by atoms with Crippen molar-refractivity contribution in [3.8, 4) is 0 Å². The Bertz CT molecular complexity index is 417. The van der Waals surface area contributed by atoms with Gasteiger partial charge in [-0.1, -0.05) is 12.1 Å². The van der Waals surface area contributed by atoms with Crippen LogP contribution in [0.5, 0.6) is 0 Å². The second kappa shape index (κ2) is 4.41. The van der Waals surface area contributed by atoms with Gasteiger partial charge in [-0.15, -0.1) is 0 Å². The Hall–Kier alpha value is -0.890. The van der Waals surface area contributed by atoms with Crippen molar-refractivity contribution in [2.45, 2.75) is 58.2 Å². The van der Waals surface area contributed by atoms with Crippen LogP contribution < -0.4 is 5.73 Å². The molecule has 0 radical (unpaired) electrons. The lowest BCUT2D eigenvalue weighted by Gasteiger charge is -2.34. The molecule has 2 heteroatoms. The summed E-state index contributed by atoms with van der Waals surface area (Å²) in [5, 5.41) is 0. The van der Waals surface area contributed by atoms with Crippen molar-refractivity contribution in [3.63, 3.8) is 0 Å². The second-order valence-electron chi connectivity index (χ2n) is 5.55. The lowest BCUT2D eigenvalue weighted by Crippen LogP contribution is -2.34. The van der Waals surface area contributed by atoms with Gasteiger partial charge in [0.1, 0.15) is 5.67 Å². The summed E-state index contributed by atoms with van der Waals surface area (Å²) in [6.45, 7) is 6.14. The molecule has 0 spiro atoms. The van der Waals surface area contributed by atoms with Crippen molar-refractivity contribution >= 4 is 0 Å². The lowest BCUT2D eigenvalue weighted by molar-refractivity contribution is 0.0971. The summed E-state index contributed by atoms with van der Waals surface area (Å²) in [4.78, 5) is 0. The minimum Gasteiger partial charge on any atom is -0.328 e. The quantitative estimate of drug-likeness (QED) is 0.789. The molecule has 1 aromatic carbocycles. The van der Waals surface area contributed by atoms with Gasteiger partial charge < -0.3 is 5.73 Å². The molecule has 0 aromatic heterocycles. The van der Waals surface area contributed by atoms with Crippen molar-refractivity contribution < 1.29 is 4.39 Å². The maximum atomic E-state index is 15.0. The molecule has 2 rings (SSSR count). The summed E-state index contributed by atoms with van der Waals surface area (Å²) in [6, 6.07) is 4.31. The topological polar surface area (TPSA) is 26.0 Å². The largest absolute Gasteiger partial charge is 0.328 e. The number of nitrogens with two attached hydrogens (primary N) is 1. The minimum atomic E-state index is -1.15. The van der Waals surface area contributed by atoms with Crippen LogP contribution >= 0.6 is 0 Å². The Morgan fingerprint density at radius 3 is 2.18 bits per heavy atom. The van der Waals surface area contributed by atoms with Gasteiger partial charge in [0.25, 0.3) is 0 Å². The van der Waals surface area contributed by atoms with Gasteiger partial charge in [-0.05, 0) is 68.7 Å². The van der Waals surface area contributed by atoms with E-state index in [4.69, 9.17) is 5.73 Å². The predicted octanol–water partition coefficient (Wildman–Crippen LogP) is 3.68. The highest BCUT2D eigenvalue weighted by molar-refractivity contribution is 5.40. The van der Waals surface area contributed by atoms with E-state index < -0.39 is 5.67 Å². The molecule has 1 fully saturated rings. The normalized spacial score (nSPS) is 29.4. The minimum absolute atomic E-state index is 0.186. The average molecular weight is 235 g/mol. The zero-order chi connectivity index (χ0) is 12.6. The summed E-state index contributed by atoms with van der Waals surface area (Å²) in [5.41, 5.74) is 9.08. The zero-order valence-corrected chi connectivity index (χ0v) is 11.0. The fourth-order valence-corrected chi connectivity index (χ4v) is 2.81. The van der Waals surface area contributed by atoms with Crippen molar-refractivity contribution in [2.24, 2.45) is 5.73 Å². The molecule has 0 aliphatic heterocycles. The van der Waals surface area contributed by atoms with Crippen LogP contribution in [-0.2, 0) is 5.67 Å². The molecule has 0 heterocycles. The number of aryl methyl sites for hydroxylation is 3. The molecule has 1 aromatic rings. The van der Waals surface area contributed by atoms with Gasteiger partial charge in [0.2, 0.25) is 0 Å². The van der Waals surface area contributed by atoms with Gasteiger partial charge in [-0.25, -0.2) is 4.39 Å². The maximum absolute atomic E-state index is 15.0. The summed E-state index contributed by atoms with van der Waals surface area (Å²) < 4.78 is 15.0. The SMILES string of the molecule is Cc1cc(C)c(C2(F)CCC(N)CC2)cc1C. The molecule has 0 amide bonds. The number of hydrogen-bond donors (Lipinski definition) is 1.